The Balaban J connectivity index is 2.21. The molecule has 3 nitrogen and oxygen atoms in total. The van der Waals surface area contributed by atoms with Crippen LogP contribution in [0.2, 0.25) is 0 Å². The van der Waals surface area contributed by atoms with E-state index < -0.39 is 24.5 Å². The Labute approximate surface area is 160 Å². The van der Waals surface area contributed by atoms with E-state index in [2.05, 4.69) is 11.6 Å². The van der Waals surface area contributed by atoms with Crippen molar-refractivity contribution in [3.63, 3.8) is 0 Å². The van der Waals surface area contributed by atoms with Gasteiger partial charge in [-0.25, -0.2) is 0 Å². The first-order chi connectivity index (χ1) is 13.3. The lowest BCUT2D eigenvalue weighted by atomic mass is 9.87. The number of alkyl halides is 3. The first-order valence-corrected chi connectivity index (χ1v) is 8.90. The van der Waals surface area contributed by atoms with Gasteiger partial charge in [0, 0.05) is 22.7 Å². The number of benzene rings is 2. The van der Waals surface area contributed by atoms with Gasteiger partial charge in [0.15, 0.2) is 0 Å². The van der Waals surface area contributed by atoms with Gasteiger partial charge in [0.05, 0.1) is 18.9 Å². The molecule has 0 aliphatic heterocycles. The second kappa shape index (κ2) is 7.92. The van der Waals surface area contributed by atoms with Crippen LogP contribution < -0.4 is 0 Å². The zero-order valence-corrected chi connectivity index (χ0v) is 15.3. The Morgan fingerprint density at radius 1 is 1.21 bits per heavy atom. The molecule has 28 heavy (non-hydrogen) atoms. The number of halogens is 3. The van der Waals surface area contributed by atoms with Gasteiger partial charge in [0.1, 0.15) is 0 Å². The number of esters is 1. The molecule has 0 aliphatic carbocycles. The van der Waals surface area contributed by atoms with Crippen LogP contribution in [0.5, 0.6) is 0 Å². The summed E-state index contributed by atoms with van der Waals surface area (Å²) in [6, 6.07) is 12.5. The smallest absolute Gasteiger partial charge is 0.390 e. The van der Waals surface area contributed by atoms with E-state index in [4.69, 9.17) is 4.74 Å². The predicted molar refractivity (Wildman–Crippen MR) is 104 cm³/mol. The Kier molecular flexibility index (Phi) is 5.58. The van der Waals surface area contributed by atoms with Crippen molar-refractivity contribution in [1.29, 1.82) is 0 Å². The van der Waals surface area contributed by atoms with Crippen LogP contribution in [0.4, 0.5) is 13.2 Å². The Morgan fingerprint density at radius 3 is 2.64 bits per heavy atom. The van der Waals surface area contributed by atoms with E-state index >= 15 is 0 Å². The Hall–Kier alpha value is -3.02. The number of nitrogens with one attached hydrogen (secondary N) is 1. The van der Waals surface area contributed by atoms with Gasteiger partial charge in [-0.05, 0) is 35.7 Å². The minimum Gasteiger partial charge on any atom is -0.466 e. The van der Waals surface area contributed by atoms with Crippen molar-refractivity contribution in [2.45, 2.75) is 25.4 Å². The number of carbonyl (C=O) groups is 1. The summed E-state index contributed by atoms with van der Waals surface area (Å²) in [6.07, 6.45) is -2.43. The quantitative estimate of drug-likeness (QED) is 0.521. The highest BCUT2D eigenvalue weighted by molar-refractivity contribution is 5.97. The summed E-state index contributed by atoms with van der Waals surface area (Å²) in [7, 11) is 0. The van der Waals surface area contributed by atoms with E-state index in [0.29, 0.717) is 5.56 Å². The van der Waals surface area contributed by atoms with Gasteiger partial charge < -0.3 is 9.72 Å². The van der Waals surface area contributed by atoms with E-state index in [-0.39, 0.29) is 12.2 Å². The molecule has 0 fully saturated rings. The first-order valence-electron chi connectivity index (χ1n) is 8.90. The van der Waals surface area contributed by atoms with Gasteiger partial charge in [-0.15, -0.1) is 0 Å². The second-order valence-corrected chi connectivity index (χ2v) is 6.42. The molecule has 1 N–H and O–H groups in total. The van der Waals surface area contributed by atoms with E-state index in [1.165, 1.54) is 0 Å². The number of hydrogen-bond donors (Lipinski definition) is 1. The molecule has 0 radical (unpaired) electrons. The van der Waals surface area contributed by atoms with Crippen molar-refractivity contribution in [1.82, 2.24) is 4.98 Å². The van der Waals surface area contributed by atoms with Crippen molar-refractivity contribution in [2.75, 3.05) is 6.61 Å². The largest absolute Gasteiger partial charge is 0.466 e. The topological polar surface area (TPSA) is 42.1 Å². The average molecular weight is 387 g/mol. The number of carbonyl (C=O) groups excluding carboxylic acids is 1. The summed E-state index contributed by atoms with van der Waals surface area (Å²) >= 11 is 0. The monoisotopic (exact) mass is 387 g/mol. The molecule has 3 rings (SSSR count). The van der Waals surface area contributed by atoms with Gasteiger partial charge in [-0.3, -0.25) is 4.79 Å². The highest BCUT2D eigenvalue weighted by Gasteiger charge is 2.38. The number of H-pyrrole nitrogens is 1. The van der Waals surface area contributed by atoms with Crippen LogP contribution in [0, 0.1) is 0 Å². The lowest BCUT2D eigenvalue weighted by molar-refractivity contribution is -0.161. The predicted octanol–water partition coefficient (Wildman–Crippen LogP) is 6.08. The lowest BCUT2D eigenvalue weighted by Gasteiger charge is -2.21. The Morgan fingerprint density at radius 2 is 1.96 bits per heavy atom. The molecule has 1 aromatic heterocycles. The standard InChI is InChI=1S/C22H20F3NO2/c1-3-14-9-10-15(18(12-22(23,24)25)21(27)28-4-2)17(11-14)19-13-26-20-8-6-5-7-16(19)20/h3,5-11,13,18,26H,1,4,12H2,2H3. The molecule has 0 amide bonds. The van der Waals surface area contributed by atoms with Crippen molar-refractivity contribution in [2.24, 2.45) is 0 Å². The highest BCUT2D eigenvalue weighted by Crippen LogP contribution is 2.40. The molecule has 0 saturated carbocycles. The molecule has 0 aliphatic rings. The summed E-state index contributed by atoms with van der Waals surface area (Å²) in [5.41, 5.74) is 3.17. The summed E-state index contributed by atoms with van der Waals surface area (Å²) < 4.78 is 44.7. The molecule has 146 valence electrons. The minimum absolute atomic E-state index is 0.0142. The van der Waals surface area contributed by atoms with E-state index in [1.54, 1.807) is 37.4 Å². The molecular formula is C22H20F3NO2. The first kappa shape index (κ1) is 19.7. The van der Waals surface area contributed by atoms with Crippen LogP contribution in [0.1, 0.15) is 30.4 Å². The van der Waals surface area contributed by atoms with E-state index in [1.807, 2.05) is 24.3 Å². The van der Waals surface area contributed by atoms with Crippen molar-refractivity contribution in [3.05, 3.63) is 66.4 Å². The maximum Gasteiger partial charge on any atom is 0.390 e. The summed E-state index contributed by atoms with van der Waals surface area (Å²) in [6.45, 7) is 5.32. The number of hydrogen-bond acceptors (Lipinski definition) is 2. The molecule has 1 heterocycles. The molecule has 1 unspecified atom stereocenters. The fourth-order valence-electron chi connectivity index (χ4n) is 3.33. The third-order valence-electron chi connectivity index (χ3n) is 4.57. The summed E-state index contributed by atoms with van der Waals surface area (Å²) in [5, 5.41) is 0.861. The number of para-hydroxylation sites is 1. The highest BCUT2D eigenvalue weighted by atomic mass is 19.4. The number of fused-ring (bicyclic) bond motifs is 1. The number of rotatable bonds is 6. The van der Waals surface area contributed by atoms with Gasteiger partial charge in [0.25, 0.3) is 0 Å². The fraction of sp³-hybridized carbons (Fsp3) is 0.227. The lowest BCUT2D eigenvalue weighted by Crippen LogP contribution is -2.23. The maximum atomic E-state index is 13.2. The minimum atomic E-state index is -4.51. The normalized spacial score (nSPS) is 12.7. The molecule has 0 spiro atoms. The molecule has 0 saturated heterocycles. The van der Waals surface area contributed by atoms with Gasteiger partial charge in [0.2, 0.25) is 0 Å². The summed E-state index contributed by atoms with van der Waals surface area (Å²) in [5.74, 6) is -2.32. The van der Waals surface area contributed by atoms with Crippen molar-refractivity contribution in [3.8, 4) is 11.1 Å². The second-order valence-electron chi connectivity index (χ2n) is 6.42. The molecule has 1 atom stereocenters. The van der Waals surface area contributed by atoms with Crippen LogP contribution in [-0.4, -0.2) is 23.7 Å². The average Bonchev–Trinajstić information content (AvgIpc) is 3.09. The van der Waals surface area contributed by atoms with E-state index in [0.717, 1.165) is 22.0 Å². The van der Waals surface area contributed by atoms with Crippen LogP contribution in [-0.2, 0) is 9.53 Å². The third kappa shape index (κ3) is 4.11. The van der Waals surface area contributed by atoms with Gasteiger partial charge in [-0.1, -0.05) is 43.0 Å². The third-order valence-corrected chi connectivity index (χ3v) is 4.57. The molecule has 6 heteroatoms. The number of ether oxygens (including phenoxy) is 1. The van der Waals surface area contributed by atoms with E-state index in [9.17, 15) is 18.0 Å². The SMILES string of the molecule is C=Cc1ccc(C(CC(F)(F)F)C(=O)OCC)c(-c2c[nH]c3ccccc23)c1. The Bertz CT molecular complexity index is 1000. The van der Waals surface area contributed by atoms with Gasteiger partial charge in [-0.2, -0.15) is 13.2 Å². The van der Waals surface area contributed by atoms with Crippen LogP contribution in [0.25, 0.3) is 28.1 Å². The van der Waals surface area contributed by atoms with Crippen LogP contribution in [0.15, 0.2) is 55.2 Å². The molecule has 2 aromatic carbocycles. The van der Waals surface area contributed by atoms with Crippen LogP contribution >= 0.6 is 0 Å². The van der Waals surface area contributed by atoms with Crippen molar-refractivity contribution < 1.29 is 22.7 Å². The molecular weight excluding hydrogens is 367 g/mol. The fourth-order valence-corrected chi connectivity index (χ4v) is 3.33. The zero-order valence-electron chi connectivity index (χ0n) is 15.3. The van der Waals surface area contributed by atoms with Crippen molar-refractivity contribution >= 4 is 22.9 Å². The van der Waals surface area contributed by atoms with Crippen LogP contribution in [0.3, 0.4) is 0 Å². The number of aromatic nitrogens is 1. The summed E-state index contributed by atoms with van der Waals surface area (Å²) in [4.78, 5) is 15.5. The molecule has 0 bridgehead atoms. The molecule has 3 aromatic rings. The maximum absolute atomic E-state index is 13.2. The number of aromatic amines is 1. The zero-order chi connectivity index (χ0) is 20.3. The van der Waals surface area contributed by atoms with Gasteiger partial charge >= 0.3 is 12.1 Å².